The quantitative estimate of drug-likeness (QED) is 0.501. The maximum absolute atomic E-state index is 9.62. The van der Waals surface area contributed by atoms with Crippen LogP contribution in [-0.4, -0.2) is 28.7 Å². The number of allylic oxidation sites excluding steroid dienone is 1. The summed E-state index contributed by atoms with van der Waals surface area (Å²) in [5.41, 5.74) is 2.10. The number of pyridine rings is 3. The van der Waals surface area contributed by atoms with Gasteiger partial charge in [0.05, 0.1) is 41.2 Å². The molecule has 0 bridgehead atoms. The minimum atomic E-state index is 0.275. The van der Waals surface area contributed by atoms with Crippen LogP contribution < -0.4 is 9.47 Å². The standard InChI is InChI=1S/C21H16Cl2N4O2/c1-28-21-13-27-19(9-20(21)29-7-5-15-4-2-3-6-26-15)14(10-24)8-16-17(22)11-25-12-18(16)23/h2-4,6,8-9,11-13H,5,7H2,1H3. The Labute approximate surface area is 178 Å². The van der Waals surface area contributed by atoms with E-state index < -0.39 is 0 Å². The van der Waals surface area contributed by atoms with E-state index in [1.807, 2.05) is 18.2 Å². The van der Waals surface area contributed by atoms with Gasteiger partial charge in [-0.15, -0.1) is 0 Å². The number of ether oxygens (including phenoxy) is 2. The van der Waals surface area contributed by atoms with Crippen molar-refractivity contribution in [3.63, 3.8) is 0 Å². The summed E-state index contributed by atoms with van der Waals surface area (Å²) in [6, 6.07) is 9.48. The van der Waals surface area contributed by atoms with E-state index in [1.165, 1.54) is 25.7 Å². The summed E-state index contributed by atoms with van der Waals surface area (Å²) < 4.78 is 11.2. The highest BCUT2D eigenvalue weighted by molar-refractivity contribution is 6.37. The molecule has 3 rings (SSSR count). The maximum Gasteiger partial charge on any atom is 0.179 e. The Morgan fingerprint density at radius 1 is 1.14 bits per heavy atom. The van der Waals surface area contributed by atoms with Gasteiger partial charge >= 0.3 is 0 Å². The van der Waals surface area contributed by atoms with Crippen LogP contribution in [0.2, 0.25) is 10.0 Å². The lowest BCUT2D eigenvalue weighted by Crippen LogP contribution is -2.05. The molecule has 0 saturated carbocycles. The first-order chi connectivity index (χ1) is 14.1. The molecule has 0 N–H and O–H groups in total. The molecule has 3 heterocycles. The molecule has 0 unspecified atom stereocenters. The van der Waals surface area contributed by atoms with Crippen molar-refractivity contribution in [3.8, 4) is 17.6 Å². The van der Waals surface area contributed by atoms with Gasteiger partial charge < -0.3 is 9.47 Å². The Bertz CT molecular complexity index is 1050. The van der Waals surface area contributed by atoms with Gasteiger partial charge in [-0.3, -0.25) is 15.0 Å². The fraction of sp³-hybridized carbons (Fsp3) is 0.143. The molecule has 0 radical (unpaired) electrons. The van der Waals surface area contributed by atoms with Crippen molar-refractivity contribution in [2.45, 2.75) is 6.42 Å². The zero-order valence-electron chi connectivity index (χ0n) is 15.5. The van der Waals surface area contributed by atoms with Crippen LogP contribution in [0.3, 0.4) is 0 Å². The van der Waals surface area contributed by atoms with Gasteiger partial charge in [0.25, 0.3) is 0 Å². The highest BCUT2D eigenvalue weighted by Crippen LogP contribution is 2.31. The molecule has 3 aromatic heterocycles. The van der Waals surface area contributed by atoms with Gasteiger partial charge in [0.15, 0.2) is 11.5 Å². The number of aromatic nitrogens is 3. The van der Waals surface area contributed by atoms with Crippen molar-refractivity contribution in [3.05, 3.63) is 76.0 Å². The van der Waals surface area contributed by atoms with E-state index in [1.54, 1.807) is 18.3 Å². The largest absolute Gasteiger partial charge is 0.491 e. The highest BCUT2D eigenvalue weighted by Gasteiger charge is 2.13. The van der Waals surface area contributed by atoms with Crippen LogP contribution in [0.15, 0.2) is 49.1 Å². The average Bonchev–Trinajstić information content (AvgIpc) is 2.74. The van der Waals surface area contributed by atoms with Gasteiger partial charge in [-0.2, -0.15) is 5.26 Å². The molecule has 0 aromatic carbocycles. The lowest BCUT2D eigenvalue weighted by Gasteiger charge is -2.11. The second kappa shape index (κ2) is 9.87. The van der Waals surface area contributed by atoms with E-state index in [2.05, 4.69) is 21.0 Å². The summed E-state index contributed by atoms with van der Waals surface area (Å²) in [4.78, 5) is 12.5. The van der Waals surface area contributed by atoms with Crippen molar-refractivity contribution in [1.29, 1.82) is 5.26 Å². The number of nitriles is 1. The molecule has 0 amide bonds. The lowest BCUT2D eigenvalue weighted by molar-refractivity contribution is 0.295. The van der Waals surface area contributed by atoms with E-state index >= 15 is 0 Å². The highest BCUT2D eigenvalue weighted by atomic mass is 35.5. The van der Waals surface area contributed by atoms with E-state index in [-0.39, 0.29) is 5.57 Å². The van der Waals surface area contributed by atoms with Crippen molar-refractivity contribution in [2.24, 2.45) is 0 Å². The molecule has 6 nitrogen and oxygen atoms in total. The van der Waals surface area contributed by atoms with Gasteiger partial charge in [0.1, 0.15) is 6.07 Å². The van der Waals surface area contributed by atoms with E-state index in [0.717, 1.165) is 5.69 Å². The zero-order chi connectivity index (χ0) is 20.6. The third kappa shape index (κ3) is 5.23. The summed E-state index contributed by atoms with van der Waals surface area (Å²) in [5.74, 6) is 0.938. The fourth-order valence-corrected chi connectivity index (χ4v) is 2.99. The Morgan fingerprint density at radius 3 is 2.59 bits per heavy atom. The molecule has 29 heavy (non-hydrogen) atoms. The molecular weight excluding hydrogens is 411 g/mol. The Balaban J connectivity index is 1.86. The topological polar surface area (TPSA) is 80.9 Å². The van der Waals surface area contributed by atoms with Crippen LogP contribution in [0.5, 0.6) is 11.5 Å². The molecule has 0 aliphatic carbocycles. The summed E-state index contributed by atoms with van der Waals surface area (Å²) in [6.07, 6.45) is 8.36. The van der Waals surface area contributed by atoms with Crippen LogP contribution in [-0.2, 0) is 6.42 Å². The van der Waals surface area contributed by atoms with Crippen molar-refractivity contribution < 1.29 is 9.47 Å². The van der Waals surface area contributed by atoms with Crippen LogP contribution in [0, 0.1) is 11.3 Å². The normalized spacial score (nSPS) is 11.0. The van der Waals surface area contributed by atoms with Crippen LogP contribution in [0.1, 0.15) is 17.0 Å². The SMILES string of the molecule is COc1cnc(C(C#N)=Cc2c(Cl)cncc2Cl)cc1OCCc1ccccn1. The first kappa shape index (κ1) is 20.6. The lowest BCUT2D eigenvalue weighted by atomic mass is 10.1. The monoisotopic (exact) mass is 426 g/mol. The van der Waals surface area contributed by atoms with Crippen molar-refractivity contribution in [1.82, 2.24) is 15.0 Å². The fourth-order valence-electron chi connectivity index (χ4n) is 2.52. The minimum absolute atomic E-state index is 0.275. The molecule has 0 saturated heterocycles. The number of nitrogens with zero attached hydrogens (tertiary/aromatic N) is 4. The van der Waals surface area contributed by atoms with E-state index in [0.29, 0.717) is 45.8 Å². The van der Waals surface area contributed by atoms with Gasteiger partial charge in [0, 0.05) is 42.3 Å². The molecule has 3 aromatic rings. The minimum Gasteiger partial charge on any atom is -0.491 e. The van der Waals surface area contributed by atoms with Crippen LogP contribution in [0.25, 0.3) is 11.6 Å². The average molecular weight is 427 g/mol. The summed E-state index contributed by atoms with van der Waals surface area (Å²) >= 11 is 12.3. The Morgan fingerprint density at radius 2 is 1.93 bits per heavy atom. The molecule has 0 spiro atoms. The first-order valence-electron chi connectivity index (χ1n) is 8.60. The van der Waals surface area contributed by atoms with Gasteiger partial charge in [-0.05, 0) is 18.2 Å². The van der Waals surface area contributed by atoms with E-state index in [9.17, 15) is 5.26 Å². The molecule has 0 aliphatic heterocycles. The molecule has 0 atom stereocenters. The molecule has 8 heteroatoms. The second-order valence-corrected chi connectivity index (χ2v) is 6.64. The van der Waals surface area contributed by atoms with Crippen LogP contribution >= 0.6 is 23.2 Å². The zero-order valence-corrected chi connectivity index (χ0v) is 17.0. The predicted octanol–water partition coefficient (Wildman–Crippen LogP) is 4.87. The summed E-state index contributed by atoms with van der Waals surface area (Å²) in [5, 5.41) is 10.3. The van der Waals surface area contributed by atoms with Gasteiger partial charge in [-0.1, -0.05) is 29.3 Å². The first-order valence-corrected chi connectivity index (χ1v) is 9.36. The smallest absolute Gasteiger partial charge is 0.179 e. The maximum atomic E-state index is 9.62. The third-order valence-electron chi connectivity index (χ3n) is 3.97. The van der Waals surface area contributed by atoms with E-state index in [4.69, 9.17) is 32.7 Å². The number of hydrogen-bond donors (Lipinski definition) is 0. The summed E-state index contributed by atoms with van der Waals surface area (Å²) in [6.45, 7) is 0.393. The number of methoxy groups -OCH3 is 1. The van der Waals surface area contributed by atoms with Gasteiger partial charge in [0.2, 0.25) is 0 Å². The number of rotatable bonds is 7. The van der Waals surface area contributed by atoms with Crippen LogP contribution in [0.4, 0.5) is 0 Å². The third-order valence-corrected chi connectivity index (χ3v) is 4.57. The predicted molar refractivity (Wildman–Crippen MR) is 112 cm³/mol. The second-order valence-electron chi connectivity index (χ2n) is 5.83. The molecule has 146 valence electrons. The van der Waals surface area contributed by atoms with Crippen molar-refractivity contribution in [2.75, 3.05) is 13.7 Å². The van der Waals surface area contributed by atoms with Crippen molar-refractivity contribution >= 4 is 34.9 Å². The number of halogens is 2. The molecule has 0 fully saturated rings. The molecule has 0 aliphatic rings. The Kier molecular flexibility index (Phi) is 7.01. The molecular formula is C21H16Cl2N4O2. The number of hydrogen-bond acceptors (Lipinski definition) is 6. The van der Waals surface area contributed by atoms with Gasteiger partial charge in [-0.25, -0.2) is 0 Å². The Hall–Kier alpha value is -3.14. The summed E-state index contributed by atoms with van der Waals surface area (Å²) in [7, 11) is 1.53.